The fourth-order valence-corrected chi connectivity index (χ4v) is 3.41. The van der Waals surface area contributed by atoms with Crippen LogP contribution in [-0.2, 0) is 16.5 Å². The van der Waals surface area contributed by atoms with Crippen molar-refractivity contribution in [1.82, 2.24) is 0 Å². The fraction of sp³-hybridized carbons (Fsp3) is 0.400. The second-order valence-electron chi connectivity index (χ2n) is 6.33. The molecular formula is C20H26O5S. The van der Waals surface area contributed by atoms with Crippen LogP contribution < -0.4 is 4.74 Å². The zero-order valence-corrected chi connectivity index (χ0v) is 15.8. The summed E-state index contributed by atoms with van der Waals surface area (Å²) in [4.78, 5) is -0.371. The lowest BCUT2D eigenvalue weighted by atomic mass is 10.0. The average molecular weight is 378 g/mol. The summed E-state index contributed by atoms with van der Waals surface area (Å²) in [5.41, 5.74) is 0.965. The highest BCUT2D eigenvalue weighted by Gasteiger charge is 2.18. The fourth-order valence-electron chi connectivity index (χ4n) is 2.81. The summed E-state index contributed by atoms with van der Waals surface area (Å²) in [5.74, 6) is 0.292. The van der Waals surface area contributed by atoms with Gasteiger partial charge in [-0.25, -0.2) is 0 Å². The maximum Gasteiger partial charge on any atom is 0.298 e. The third-order valence-electron chi connectivity index (χ3n) is 4.20. The summed E-state index contributed by atoms with van der Waals surface area (Å²) in [6.45, 7) is 2.19. The van der Waals surface area contributed by atoms with Crippen LogP contribution in [0.5, 0.6) is 17.2 Å². The lowest BCUT2D eigenvalue weighted by Gasteiger charge is -2.13. The van der Waals surface area contributed by atoms with Gasteiger partial charge < -0.3 is 9.84 Å². The molecule has 0 spiro atoms. The van der Waals surface area contributed by atoms with Gasteiger partial charge in [0.25, 0.3) is 10.1 Å². The van der Waals surface area contributed by atoms with Crippen LogP contribution in [0.2, 0.25) is 0 Å². The van der Waals surface area contributed by atoms with Crippen molar-refractivity contribution in [3.63, 3.8) is 0 Å². The Kier molecular flexibility index (Phi) is 7.48. The van der Waals surface area contributed by atoms with Crippen LogP contribution in [0, 0.1) is 0 Å². The van der Waals surface area contributed by atoms with Crippen LogP contribution in [0.3, 0.4) is 0 Å². The Morgan fingerprint density at radius 3 is 2.35 bits per heavy atom. The van der Waals surface area contributed by atoms with E-state index in [1.807, 2.05) is 12.1 Å². The van der Waals surface area contributed by atoms with Crippen LogP contribution in [0.25, 0.3) is 0 Å². The molecule has 2 rings (SSSR count). The van der Waals surface area contributed by atoms with E-state index in [9.17, 15) is 18.1 Å². The van der Waals surface area contributed by atoms with Gasteiger partial charge in [-0.05, 0) is 36.6 Å². The standard InChI is InChI=1S/C20H26O5S/c1-2-3-4-5-6-7-10-16-11-8-9-12-18(16)25-19-15-17(21)13-14-20(19)26(22,23)24/h8-9,11-15,21H,2-7,10H2,1H3,(H,22,23,24). The number of aromatic hydroxyl groups is 1. The molecule has 0 unspecified atom stereocenters. The third-order valence-corrected chi connectivity index (χ3v) is 5.09. The largest absolute Gasteiger partial charge is 0.508 e. The van der Waals surface area contributed by atoms with E-state index in [4.69, 9.17) is 4.74 Å². The van der Waals surface area contributed by atoms with E-state index < -0.39 is 10.1 Å². The monoisotopic (exact) mass is 378 g/mol. The second kappa shape index (κ2) is 9.59. The number of aryl methyl sites for hydroxylation is 1. The van der Waals surface area contributed by atoms with Crippen molar-refractivity contribution in [3.8, 4) is 17.2 Å². The number of para-hydroxylation sites is 1. The van der Waals surface area contributed by atoms with Gasteiger partial charge in [-0.3, -0.25) is 4.55 Å². The third kappa shape index (κ3) is 6.04. The molecule has 0 aliphatic rings. The van der Waals surface area contributed by atoms with Crippen molar-refractivity contribution >= 4 is 10.1 Å². The summed E-state index contributed by atoms with van der Waals surface area (Å²) in [6, 6.07) is 10.9. The molecule has 0 saturated heterocycles. The molecule has 26 heavy (non-hydrogen) atoms. The van der Waals surface area contributed by atoms with Gasteiger partial charge in [-0.15, -0.1) is 0 Å². The van der Waals surface area contributed by atoms with Crippen molar-refractivity contribution in [1.29, 1.82) is 0 Å². The van der Waals surface area contributed by atoms with Gasteiger partial charge in [0.2, 0.25) is 0 Å². The van der Waals surface area contributed by atoms with Crippen molar-refractivity contribution < 1.29 is 22.8 Å². The molecule has 0 amide bonds. The quantitative estimate of drug-likeness (QED) is 0.431. The Labute approximate surface area is 155 Å². The Morgan fingerprint density at radius 1 is 0.923 bits per heavy atom. The first-order valence-corrected chi connectivity index (χ1v) is 10.4. The Balaban J connectivity index is 2.12. The lowest BCUT2D eigenvalue weighted by molar-refractivity contribution is 0.433. The van der Waals surface area contributed by atoms with Crippen molar-refractivity contribution in [3.05, 3.63) is 48.0 Å². The summed E-state index contributed by atoms with van der Waals surface area (Å²) in [5, 5.41) is 9.64. The predicted molar refractivity (Wildman–Crippen MR) is 102 cm³/mol. The molecule has 0 radical (unpaired) electrons. The highest BCUT2D eigenvalue weighted by atomic mass is 32.2. The zero-order chi connectivity index (χ0) is 19.0. The Hall–Kier alpha value is -2.05. The number of hydrogen-bond acceptors (Lipinski definition) is 4. The van der Waals surface area contributed by atoms with E-state index in [0.717, 1.165) is 30.9 Å². The predicted octanol–water partition coefficient (Wildman–Crippen LogP) is 5.33. The number of benzene rings is 2. The number of unbranched alkanes of at least 4 members (excludes halogenated alkanes) is 5. The zero-order valence-electron chi connectivity index (χ0n) is 15.0. The van der Waals surface area contributed by atoms with Gasteiger partial charge in [-0.1, -0.05) is 57.2 Å². The molecule has 0 atom stereocenters. The van der Waals surface area contributed by atoms with Crippen molar-refractivity contribution in [2.45, 2.75) is 56.8 Å². The molecule has 0 bridgehead atoms. The molecule has 6 heteroatoms. The van der Waals surface area contributed by atoms with E-state index in [0.29, 0.717) is 5.75 Å². The maximum absolute atomic E-state index is 11.5. The van der Waals surface area contributed by atoms with Gasteiger partial charge in [0.05, 0.1) is 0 Å². The van der Waals surface area contributed by atoms with Crippen LogP contribution >= 0.6 is 0 Å². The molecule has 0 saturated carbocycles. The molecule has 2 aromatic rings. The van der Waals surface area contributed by atoms with E-state index in [-0.39, 0.29) is 16.4 Å². The number of hydrogen-bond donors (Lipinski definition) is 2. The number of ether oxygens (including phenoxy) is 1. The van der Waals surface area contributed by atoms with Gasteiger partial charge in [0.1, 0.15) is 16.4 Å². The highest BCUT2D eigenvalue weighted by molar-refractivity contribution is 7.86. The number of phenols is 1. The van der Waals surface area contributed by atoms with Crippen LogP contribution in [0.1, 0.15) is 51.0 Å². The topological polar surface area (TPSA) is 83.8 Å². The molecular weight excluding hydrogens is 352 g/mol. The minimum absolute atomic E-state index is 0.0945. The van der Waals surface area contributed by atoms with Crippen LogP contribution in [0.4, 0.5) is 0 Å². The summed E-state index contributed by atoms with van der Waals surface area (Å²) in [7, 11) is -4.45. The Bertz CT molecular complexity index is 815. The highest BCUT2D eigenvalue weighted by Crippen LogP contribution is 2.34. The lowest BCUT2D eigenvalue weighted by Crippen LogP contribution is -2.02. The second-order valence-corrected chi connectivity index (χ2v) is 7.72. The normalized spacial score (nSPS) is 11.5. The average Bonchev–Trinajstić information content (AvgIpc) is 2.58. The first kappa shape index (κ1) is 20.3. The molecule has 0 heterocycles. The molecule has 0 aliphatic carbocycles. The van der Waals surface area contributed by atoms with E-state index in [1.165, 1.54) is 37.8 Å². The molecule has 2 N–H and O–H groups in total. The van der Waals surface area contributed by atoms with Crippen LogP contribution in [0.15, 0.2) is 47.4 Å². The minimum atomic E-state index is -4.45. The van der Waals surface area contributed by atoms with Gasteiger partial charge in [0, 0.05) is 6.07 Å². The molecule has 2 aromatic carbocycles. The molecule has 0 fully saturated rings. The summed E-state index contributed by atoms with van der Waals surface area (Å²) < 4.78 is 38.2. The van der Waals surface area contributed by atoms with Crippen molar-refractivity contribution in [2.24, 2.45) is 0 Å². The first-order chi connectivity index (χ1) is 12.4. The van der Waals surface area contributed by atoms with Gasteiger partial charge in [0.15, 0.2) is 5.75 Å². The van der Waals surface area contributed by atoms with Crippen LogP contribution in [-0.4, -0.2) is 18.1 Å². The van der Waals surface area contributed by atoms with Crippen molar-refractivity contribution in [2.75, 3.05) is 0 Å². The summed E-state index contributed by atoms with van der Waals surface area (Å²) in [6.07, 6.45) is 7.91. The van der Waals surface area contributed by atoms with E-state index >= 15 is 0 Å². The number of rotatable bonds is 10. The van der Waals surface area contributed by atoms with E-state index in [2.05, 4.69) is 6.92 Å². The molecule has 5 nitrogen and oxygen atoms in total. The smallest absolute Gasteiger partial charge is 0.298 e. The number of phenolic OH excluding ortho intramolecular Hbond substituents is 1. The molecule has 0 aromatic heterocycles. The van der Waals surface area contributed by atoms with Gasteiger partial charge >= 0.3 is 0 Å². The molecule has 142 valence electrons. The molecule has 0 aliphatic heterocycles. The minimum Gasteiger partial charge on any atom is -0.508 e. The maximum atomic E-state index is 11.5. The SMILES string of the molecule is CCCCCCCCc1ccccc1Oc1cc(O)ccc1S(=O)(=O)O. The Morgan fingerprint density at radius 2 is 1.62 bits per heavy atom. The van der Waals surface area contributed by atoms with Gasteiger partial charge in [-0.2, -0.15) is 8.42 Å². The van der Waals surface area contributed by atoms with E-state index in [1.54, 1.807) is 12.1 Å². The summed E-state index contributed by atoms with van der Waals surface area (Å²) >= 11 is 0. The first-order valence-electron chi connectivity index (χ1n) is 8.98.